The van der Waals surface area contributed by atoms with Gasteiger partial charge in [0.2, 0.25) is 0 Å². The van der Waals surface area contributed by atoms with Crippen LogP contribution in [0.4, 0.5) is 0 Å². The van der Waals surface area contributed by atoms with Crippen LogP contribution < -0.4 is 0 Å². The first-order valence-electron chi connectivity index (χ1n) is 7.48. The summed E-state index contributed by atoms with van der Waals surface area (Å²) in [5.41, 5.74) is 3.97. The zero-order valence-electron chi connectivity index (χ0n) is 13.5. The van der Waals surface area contributed by atoms with Gasteiger partial charge in [-0.2, -0.15) is 0 Å². The van der Waals surface area contributed by atoms with Crippen molar-refractivity contribution in [1.29, 1.82) is 0 Å². The molecule has 21 heavy (non-hydrogen) atoms. The number of nitrogens with one attached hydrogen (secondary N) is 2. The van der Waals surface area contributed by atoms with Gasteiger partial charge in [-0.15, -0.1) is 0 Å². The van der Waals surface area contributed by atoms with Gasteiger partial charge in [0.05, 0.1) is 7.11 Å². The van der Waals surface area contributed by atoms with Gasteiger partial charge in [-0.05, 0) is 62.0 Å². The highest BCUT2D eigenvalue weighted by Crippen LogP contribution is 2.35. The molecule has 1 atom stereocenters. The Morgan fingerprint density at radius 1 is 1.52 bits per heavy atom. The van der Waals surface area contributed by atoms with Crippen molar-refractivity contribution >= 4 is 12.2 Å². The number of hydrogen-bond donors (Lipinski definition) is 2. The molecular formula is C17H26N2OS. The van der Waals surface area contributed by atoms with E-state index in [2.05, 4.69) is 29.5 Å². The van der Waals surface area contributed by atoms with E-state index in [1.807, 2.05) is 20.0 Å². The summed E-state index contributed by atoms with van der Waals surface area (Å²) in [6.45, 7) is 9.97. The van der Waals surface area contributed by atoms with Crippen LogP contribution in [-0.4, -0.2) is 17.1 Å². The first kappa shape index (κ1) is 17.5. The van der Waals surface area contributed by atoms with Crippen molar-refractivity contribution in [1.82, 2.24) is 9.97 Å². The third-order valence-electron chi connectivity index (χ3n) is 3.65. The summed E-state index contributed by atoms with van der Waals surface area (Å²) in [7, 11) is 1.68. The molecule has 0 spiro atoms. The minimum Gasteiger partial charge on any atom is -0.497 e. The topological polar surface area (TPSA) is 40.8 Å². The van der Waals surface area contributed by atoms with E-state index in [1.165, 1.54) is 17.6 Å². The summed E-state index contributed by atoms with van der Waals surface area (Å²) in [5, 5.41) is 0. The number of aromatic nitrogens is 2. The monoisotopic (exact) mass is 306 g/mol. The molecule has 4 heteroatoms. The largest absolute Gasteiger partial charge is 0.497 e. The van der Waals surface area contributed by atoms with Crippen LogP contribution in [0.3, 0.4) is 0 Å². The summed E-state index contributed by atoms with van der Waals surface area (Å²) in [6.07, 6.45) is 9.13. The third kappa shape index (κ3) is 4.74. The SMILES string of the molecule is C=C/C(=C\C1=C(C)CCC1Cc1c[nH]c(=S)[nH]1)OC.CC. The molecule has 1 heterocycles. The van der Waals surface area contributed by atoms with Crippen molar-refractivity contribution in [2.45, 2.75) is 40.0 Å². The molecule has 116 valence electrons. The van der Waals surface area contributed by atoms with Gasteiger partial charge in [0.25, 0.3) is 0 Å². The first-order chi connectivity index (χ1) is 10.1. The smallest absolute Gasteiger partial charge is 0.174 e. The lowest BCUT2D eigenvalue weighted by atomic mass is 9.95. The second-order valence-electron chi connectivity index (χ2n) is 4.90. The molecule has 0 aliphatic heterocycles. The Hall–Kier alpha value is -1.55. The zero-order valence-corrected chi connectivity index (χ0v) is 14.3. The Kier molecular flexibility index (Phi) is 7.23. The first-order valence-corrected chi connectivity index (χ1v) is 7.89. The van der Waals surface area contributed by atoms with Crippen molar-refractivity contribution in [3.05, 3.63) is 52.3 Å². The molecule has 1 aliphatic carbocycles. The molecule has 0 saturated heterocycles. The Morgan fingerprint density at radius 3 is 2.76 bits per heavy atom. The summed E-state index contributed by atoms with van der Waals surface area (Å²) >= 11 is 5.07. The van der Waals surface area contributed by atoms with E-state index in [-0.39, 0.29) is 0 Å². The summed E-state index contributed by atoms with van der Waals surface area (Å²) in [6, 6.07) is 0. The number of ether oxygens (including phenoxy) is 1. The van der Waals surface area contributed by atoms with Crippen LogP contribution in [0.2, 0.25) is 0 Å². The fraction of sp³-hybridized carbons (Fsp3) is 0.471. The number of H-pyrrole nitrogens is 2. The number of rotatable bonds is 5. The second kappa shape index (κ2) is 8.67. The molecule has 1 unspecified atom stereocenters. The lowest BCUT2D eigenvalue weighted by molar-refractivity contribution is 0.306. The number of allylic oxidation sites excluding steroid dienone is 4. The van der Waals surface area contributed by atoms with Crippen molar-refractivity contribution in [3.8, 4) is 0 Å². The van der Waals surface area contributed by atoms with Gasteiger partial charge in [0.15, 0.2) is 4.77 Å². The highest BCUT2D eigenvalue weighted by molar-refractivity contribution is 7.71. The summed E-state index contributed by atoms with van der Waals surface area (Å²) in [5.74, 6) is 1.34. The van der Waals surface area contributed by atoms with Crippen molar-refractivity contribution in [3.63, 3.8) is 0 Å². The van der Waals surface area contributed by atoms with Crippen LogP contribution in [0.5, 0.6) is 0 Å². The van der Waals surface area contributed by atoms with Crippen LogP contribution in [0.25, 0.3) is 0 Å². The van der Waals surface area contributed by atoms with Crippen LogP contribution in [0, 0.1) is 10.7 Å². The standard InChI is InChI=1S/C15H20N2OS.C2H6/c1-4-13(18-3)8-14-10(2)5-6-11(14)7-12-9-16-15(19)17-12;1-2/h4,8-9,11H,1,5-7H2,2-3H3,(H2,16,17,19);1-2H3/b13-8+;. The molecule has 0 amide bonds. The maximum absolute atomic E-state index is 5.29. The van der Waals surface area contributed by atoms with Crippen LogP contribution in [-0.2, 0) is 11.2 Å². The maximum Gasteiger partial charge on any atom is 0.174 e. The van der Waals surface area contributed by atoms with E-state index in [1.54, 1.807) is 13.2 Å². The average Bonchev–Trinajstić information content (AvgIpc) is 3.06. The lowest BCUT2D eigenvalue weighted by Crippen LogP contribution is -2.04. The molecular weight excluding hydrogens is 280 g/mol. The van der Waals surface area contributed by atoms with E-state index in [0.717, 1.165) is 24.3 Å². The van der Waals surface area contributed by atoms with Crippen molar-refractivity contribution < 1.29 is 4.74 Å². The molecule has 0 saturated carbocycles. The Morgan fingerprint density at radius 2 is 2.24 bits per heavy atom. The second-order valence-corrected chi connectivity index (χ2v) is 5.31. The van der Waals surface area contributed by atoms with Crippen molar-refractivity contribution in [2.24, 2.45) is 5.92 Å². The lowest BCUT2D eigenvalue weighted by Gasteiger charge is -2.12. The Bertz CT molecular complexity index is 578. The predicted molar refractivity (Wildman–Crippen MR) is 91.7 cm³/mol. The molecule has 0 fully saturated rings. The molecule has 0 bridgehead atoms. The van der Waals surface area contributed by atoms with Gasteiger partial charge in [-0.3, -0.25) is 0 Å². The van der Waals surface area contributed by atoms with E-state index < -0.39 is 0 Å². The number of imidazole rings is 1. The fourth-order valence-electron chi connectivity index (χ4n) is 2.59. The Labute approximate surface area is 132 Å². The zero-order chi connectivity index (χ0) is 15.8. The molecule has 1 aromatic heterocycles. The molecule has 1 aliphatic rings. The fourth-order valence-corrected chi connectivity index (χ4v) is 2.78. The van der Waals surface area contributed by atoms with Gasteiger partial charge in [-0.1, -0.05) is 26.0 Å². The van der Waals surface area contributed by atoms with E-state index in [0.29, 0.717) is 10.7 Å². The highest BCUT2D eigenvalue weighted by Gasteiger charge is 2.22. The van der Waals surface area contributed by atoms with Gasteiger partial charge in [0.1, 0.15) is 5.76 Å². The van der Waals surface area contributed by atoms with Crippen LogP contribution >= 0.6 is 12.2 Å². The van der Waals surface area contributed by atoms with Crippen molar-refractivity contribution in [2.75, 3.05) is 7.11 Å². The van der Waals surface area contributed by atoms with Gasteiger partial charge in [0, 0.05) is 11.9 Å². The summed E-state index contributed by atoms with van der Waals surface area (Å²) in [4.78, 5) is 6.20. The third-order valence-corrected chi connectivity index (χ3v) is 3.87. The highest BCUT2D eigenvalue weighted by atomic mass is 32.1. The molecule has 0 radical (unpaired) electrons. The quantitative estimate of drug-likeness (QED) is 0.452. The number of aromatic amines is 2. The van der Waals surface area contributed by atoms with Crippen LogP contribution in [0.15, 0.2) is 41.8 Å². The minimum absolute atomic E-state index is 0.520. The molecule has 2 rings (SSSR count). The maximum atomic E-state index is 5.29. The molecule has 3 nitrogen and oxygen atoms in total. The minimum atomic E-state index is 0.520. The molecule has 2 N–H and O–H groups in total. The molecule has 1 aromatic rings. The van der Waals surface area contributed by atoms with Gasteiger partial charge >= 0.3 is 0 Å². The normalized spacial score (nSPS) is 18.3. The van der Waals surface area contributed by atoms with E-state index in [9.17, 15) is 0 Å². The summed E-state index contributed by atoms with van der Waals surface area (Å²) < 4.78 is 5.98. The van der Waals surface area contributed by atoms with Gasteiger partial charge < -0.3 is 14.7 Å². The average molecular weight is 306 g/mol. The number of methoxy groups -OCH3 is 1. The molecule has 0 aromatic carbocycles. The van der Waals surface area contributed by atoms with E-state index in [4.69, 9.17) is 17.0 Å². The predicted octanol–water partition coefficient (Wildman–Crippen LogP) is 5.08. The van der Waals surface area contributed by atoms with Crippen LogP contribution in [0.1, 0.15) is 39.3 Å². The number of hydrogen-bond acceptors (Lipinski definition) is 2. The van der Waals surface area contributed by atoms with E-state index >= 15 is 0 Å². The Balaban J connectivity index is 0.00000106. The van der Waals surface area contributed by atoms with Gasteiger partial charge in [-0.25, -0.2) is 0 Å².